The van der Waals surface area contributed by atoms with Gasteiger partial charge in [0.1, 0.15) is 11.5 Å². The van der Waals surface area contributed by atoms with Crippen LogP contribution < -0.4 is 10.5 Å². The molecule has 1 saturated carbocycles. The highest BCUT2D eigenvalue weighted by molar-refractivity contribution is 7.09. The van der Waals surface area contributed by atoms with E-state index in [1.54, 1.807) is 17.5 Å². The minimum absolute atomic E-state index is 0.0906. The lowest BCUT2D eigenvalue weighted by Crippen LogP contribution is -2.38. The molecular formula is C25H28N4O4S. The third-order valence-electron chi connectivity index (χ3n) is 6.72. The van der Waals surface area contributed by atoms with Crippen molar-refractivity contribution in [2.75, 3.05) is 31.2 Å². The number of anilines is 1. The molecule has 9 heteroatoms. The van der Waals surface area contributed by atoms with Gasteiger partial charge in [-0.1, -0.05) is 6.92 Å². The number of rotatable bonds is 7. The van der Waals surface area contributed by atoms with E-state index in [1.165, 1.54) is 35.9 Å². The number of ether oxygens (including phenoxy) is 1. The van der Waals surface area contributed by atoms with Crippen LogP contribution in [0.4, 0.5) is 5.82 Å². The zero-order valence-electron chi connectivity index (χ0n) is 19.4. The number of hydrogen-bond donors (Lipinski definition) is 1. The first-order valence-electron chi connectivity index (χ1n) is 11.6. The lowest BCUT2D eigenvalue weighted by molar-refractivity contribution is -0.132. The molecule has 0 atom stereocenters. The SMILES string of the molecule is CC(=Cc1c(N2CCOCC2)nc2cc(CCc3nc(C4(C)CC4)cs3)ccn2c1=O)C(=O)O. The molecule has 2 aliphatic rings. The molecule has 2 fully saturated rings. The summed E-state index contributed by atoms with van der Waals surface area (Å²) < 4.78 is 6.94. The number of morpholine rings is 1. The Morgan fingerprint density at radius 2 is 2.03 bits per heavy atom. The predicted octanol–water partition coefficient (Wildman–Crippen LogP) is 3.31. The molecule has 34 heavy (non-hydrogen) atoms. The molecule has 5 rings (SSSR count). The van der Waals surface area contributed by atoms with Gasteiger partial charge in [-0.15, -0.1) is 11.3 Å². The molecule has 1 N–H and O–H groups in total. The molecule has 0 aromatic carbocycles. The van der Waals surface area contributed by atoms with Gasteiger partial charge in [-0.25, -0.2) is 14.8 Å². The minimum Gasteiger partial charge on any atom is -0.478 e. The van der Waals surface area contributed by atoms with Crippen molar-refractivity contribution < 1.29 is 14.6 Å². The second kappa shape index (κ2) is 8.96. The summed E-state index contributed by atoms with van der Waals surface area (Å²) in [6, 6.07) is 3.87. The molecule has 3 aromatic heterocycles. The number of aliphatic carboxylic acids is 1. The first-order valence-corrected chi connectivity index (χ1v) is 12.5. The van der Waals surface area contributed by atoms with Crippen molar-refractivity contribution >= 4 is 34.8 Å². The molecule has 0 amide bonds. The van der Waals surface area contributed by atoms with Gasteiger partial charge in [-0.3, -0.25) is 9.20 Å². The van der Waals surface area contributed by atoms with E-state index >= 15 is 0 Å². The summed E-state index contributed by atoms with van der Waals surface area (Å²) in [5.74, 6) is -0.554. The molecule has 3 aromatic rings. The maximum Gasteiger partial charge on any atom is 0.331 e. The van der Waals surface area contributed by atoms with Crippen molar-refractivity contribution in [3.8, 4) is 0 Å². The number of pyridine rings is 1. The third-order valence-corrected chi connectivity index (χ3v) is 7.62. The molecule has 0 spiro atoms. The van der Waals surface area contributed by atoms with Crippen molar-refractivity contribution in [3.05, 3.63) is 61.5 Å². The summed E-state index contributed by atoms with van der Waals surface area (Å²) in [6.45, 7) is 6.03. The van der Waals surface area contributed by atoms with Crippen LogP contribution in [0.3, 0.4) is 0 Å². The number of thiazole rings is 1. The zero-order valence-corrected chi connectivity index (χ0v) is 20.2. The Balaban J connectivity index is 1.47. The van der Waals surface area contributed by atoms with E-state index in [0.29, 0.717) is 37.8 Å². The van der Waals surface area contributed by atoms with Gasteiger partial charge in [-0.05, 0) is 50.0 Å². The van der Waals surface area contributed by atoms with Gasteiger partial charge in [0.05, 0.1) is 29.5 Å². The maximum atomic E-state index is 13.4. The lowest BCUT2D eigenvalue weighted by Gasteiger charge is -2.29. The van der Waals surface area contributed by atoms with Crippen molar-refractivity contribution in [2.45, 2.75) is 44.9 Å². The summed E-state index contributed by atoms with van der Waals surface area (Å²) in [7, 11) is 0. The van der Waals surface area contributed by atoms with Crippen molar-refractivity contribution in [2.24, 2.45) is 0 Å². The van der Waals surface area contributed by atoms with Crippen LogP contribution in [0.1, 0.15) is 48.5 Å². The number of aromatic nitrogens is 3. The summed E-state index contributed by atoms with van der Waals surface area (Å²) in [6.07, 6.45) is 7.24. The molecule has 8 nitrogen and oxygen atoms in total. The van der Waals surface area contributed by atoms with Crippen molar-refractivity contribution in [1.82, 2.24) is 14.4 Å². The number of fused-ring (bicyclic) bond motifs is 1. The average Bonchev–Trinajstić information content (AvgIpc) is 3.40. The Bertz CT molecular complexity index is 1330. The van der Waals surface area contributed by atoms with Crippen LogP contribution in [0, 0.1) is 0 Å². The number of aryl methyl sites for hydroxylation is 2. The van der Waals surface area contributed by atoms with Crippen molar-refractivity contribution in [3.63, 3.8) is 0 Å². The standard InChI is InChI=1S/C25H28N4O4S/c1-16(24(31)32)13-18-22(28-9-11-33-12-10-28)27-20-14-17(5-8-29(20)23(18)30)3-4-21-26-19(15-34-21)25(2)6-7-25/h5,8,13-15H,3-4,6-7,9-12H2,1-2H3,(H,31,32). The van der Waals surface area contributed by atoms with Crippen LogP contribution in [0.5, 0.6) is 0 Å². The second-order valence-corrected chi connectivity index (χ2v) is 10.3. The molecule has 1 saturated heterocycles. The first kappa shape index (κ1) is 22.7. The van der Waals surface area contributed by atoms with Gasteiger partial charge in [0.15, 0.2) is 0 Å². The third kappa shape index (κ3) is 4.50. The zero-order chi connectivity index (χ0) is 23.9. The van der Waals surface area contributed by atoms with Crippen LogP contribution in [-0.2, 0) is 27.8 Å². The highest BCUT2D eigenvalue weighted by Crippen LogP contribution is 2.47. The lowest BCUT2D eigenvalue weighted by atomic mass is 10.1. The van der Waals surface area contributed by atoms with Gasteiger partial charge in [0.25, 0.3) is 5.56 Å². The summed E-state index contributed by atoms with van der Waals surface area (Å²) in [4.78, 5) is 36.4. The molecule has 1 aliphatic carbocycles. The quantitative estimate of drug-likeness (QED) is 0.518. The number of hydrogen-bond acceptors (Lipinski definition) is 7. The van der Waals surface area contributed by atoms with Gasteiger partial charge >= 0.3 is 5.97 Å². The van der Waals surface area contributed by atoms with E-state index in [2.05, 4.69) is 12.3 Å². The Hall–Kier alpha value is -3.04. The molecule has 0 unspecified atom stereocenters. The second-order valence-electron chi connectivity index (χ2n) is 9.34. The molecule has 0 bridgehead atoms. The van der Waals surface area contributed by atoms with E-state index in [4.69, 9.17) is 14.7 Å². The largest absolute Gasteiger partial charge is 0.478 e. The number of carboxylic acids is 1. The van der Waals surface area contributed by atoms with E-state index < -0.39 is 5.97 Å². The predicted molar refractivity (Wildman–Crippen MR) is 132 cm³/mol. The van der Waals surface area contributed by atoms with E-state index in [0.717, 1.165) is 23.4 Å². The Labute approximate surface area is 201 Å². The monoisotopic (exact) mass is 480 g/mol. The van der Waals surface area contributed by atoms with Crippen LogP contribution in [0.15, 0.2) is 34.1 Å². The van der Waals surface area contributed by atoms with Gasteiger partial charge < -0.3 is 14.7 Å². The minimum atomic E-state index is -1.06. The van der Waals surface area contributed by atoms with Gasteiger partial charge in [0, 0.05) is 42.1 Å². The first-order chi connectivity index (χ1) is 16.3. The van der Waals surface area contributed by atoms with Crippen LogP contribution in [0.2, 0.25) is 0 Å². The summed E-state index contributed by atoms with van der Waals surface area (Å²) in [5.41, 5.74) is 3.24. The highest BCUT2D eigenvalue weighted by atomic mass is 32.1. The summed E-state index contributed by atoms with van der Waals surface area (Å²) >= 11 is 1.72. The van der Waals surface area contributed by atoms with Crippen LogP contribution in [-0.4, -0.2) is 51.7 Å². The fourth-order valence-corrected chi connectivity index (χ4v) is 5.11. The fraction of sp³-hybridized carbons (Fsp3) is 0.440. The number of carbonyl (C=O) groups is 1. The van der Waals surface area contributed by atoms with Gasteiger partial charge in [-0.2, -0.15) is 0 Å². The topological polar surface area (TPSA) is 97.0 Å². The Morgan fingerprint density at radius 3 is 2.74 bits per heavy atom. The maximum absolute atomic E-state index is 13.4. The van der Waals surface area contributed by atoms with Gasteiger partial charge in [0.2, 0.25) is 0 Å². The van der Waals surface area contributed by atoms with Crippen LogP contribution in [0.25, 0.3) is 11.7 Å². The van der Waals surface area contributed by atoms with E-state index in [1.807, 2.05) is 17.0 Å². The van der Waals surface area contributed by atoms with E-state index in [9.17, 15) is 14.7 Å². The molecular weight excluding hydrogens is 452 g/mol. The normalized spacial score (nSPS) is 17.8. The Morgan fingerprint density at radius 1 is 1.26 bits per heavy atom. The molecule has 4 heterocycles. The highest BCUT2D eigenvalue weighted by Gasteiger charge is 2.41. The Kier molecular flexibility index (Phi) is 5.99. The molecule has 1 aliphatic heterocycles. The number of nitrogens with zero attached hydrogens (tertiary/aromatic N) is 4. The van der Waals surface area contributed by atoms with E-state index in [-0.39, 0.29) is 22.1 Å². The molecule has 178 valence electrons. The van der Waals surface area contributed by atoms with Crippen molar-refractivity contribution in [1.29, 1.82) is 0 Å². The van der Waals surface area contributed by atoms with Crippen LogP contribution >= 0.6 is 11.3 Å². The summed E-state index contributed by atoms with van der Waals surface area (Å²) in [5, 5.41) is 12.7. The smallest absolute Gasteiger partial charge is 0.331 e. The average molecular weight is 481 g/mol. The fourth-order valence-electron chi connectivity index (χ4n) is 4.16. The molecule has 0 radical (unpaired) electrons. The number of carboxylic acid groups (broad SMARTS) is 1.